The van der Waals surface area contributed by atoms with Crippen molar-refractivity contribution in [2.24, 2.45) is 7.05 Å². The predicted molar refractivity (Wildman–Crippen MR) is 58.3 cm³/mol. The Labute approximate surface area is 89.1 Å². The summed E-state index contributed by atoms with van der Waals surface area (Å²) < 4.78 is 1.80. The highest BCUT2D eigenvalue weighted by Crippen LogP contribution is 2.24. The minimum atomic E-state index is 0.730. The number of aryl methyl sites for hydroxylation is 2. The van der Waals surface area contributed by atoms with Crippen LogP contribution in [0, 0.1) is 18.3 Å². The molecule has 0 aliphatic rings. The van der Waals surface area contributed by atoms with E-state index in [1.165, 1.54) is 12.8 Å². The maximum atomic E-state index is 8.95. The highest BCUT2D eigenvalue weighted by molar-refractivity contribution is 7.99. The number of hydrogen-bond acceptors (Lipinski definition) is 3. The summed E-state index contributed by atoms with van der Waals surface area (Å²) >= 11 is 1.72. The van der Waals surface area contributed by atoms with Gasteiger partial charge in [0.15, 0.2) is 0 Å². The van der Waals surface area contributed by atoms with Gasteiger partial charge in [0.2, 0.25) is 0 Å². The van der Waals surface area contributed by atoms with Crippen molar-refractivity contribution in [3.05, 3.63) is 11.3 Å². The molecule has 14 heavy (non-hydrogen) atoms. The molecule has 0 spiro atoms. The number of unbranched alkanes of at least 4 members (excludes halogenated alkanes) is 1. The third-order valence-electron chi connectivity index (χ3n) is 2.02. The van der Waals surface area contributed by atoms with Crippen molar-refractivity contribution in [2.75, 3.05) is 5.75 Å². The molecule has 1 aromatic heterocycles. The van der Waals surface area contributed by atoms with Crippen molar-refractivity contribution in [2.45, 2.75) is 31.7 Å². The van der Waals surface area contributed by atoms with Gasteiger partial charge in [0.25, 0.3) is 0 Å². The SMILES string of the molecule is CCCCSc1c(C#N)c(C)nn1C. The molecule has 1 rings (SSSR count). The highest BCUT2D eigenvalue weighted by atomic mass is 32.2. The summed E-state index contributed by atoms with van der Waals surface area (Å²) in [6.07, 6.45) is 2.37. The molecule has 0 atom stereocenters. The normalized spacial score (nSPS) is 10.1. The molecule has 3 nitrogen and oxygen atoms in total. The lowest BCUT2D eigenvalue weighted by Crippen LogP contribution is -1.93. The Morgan fingerprint density at radius 1 is 1.57 bits per heavy atom. The first-order chi connectivity index (χ1) is 6.70. The van der Waals surface area contributed by atoms with Crippen LogP contribution in [0.2, 0.25) is 0 Å². The van der Waals surface area contributed by atoms with Crippen molar-refractivity contribution in [3.63, 3.8) is 0 Å². The number of nitriles is 1. The van der Waals surface area contributed by atoms with Crippen LogP contribution in [-0.4, -0.2) is 15.5 Å². The number of aromatic nitrogens is 2. The molecular formula is C10H15N3S. The van der Waals surface area contributed by atoms with Gasteiger partial charge in [-0.15, -0.1) is 11.8 Å². The summed E-state index contributed by atoms with van der Waals surface area (Å²) in [5.74, 6) is 1.06. The van der Waals surface area contributed by atoms with Gasteiger partial charge in [-0.3, -0.25) is 4.68 Å². The van der Waals surface area contributed by atoms with Crippen LogP contribution in [0.4, 0.5) is 0 Å². The largest absolute Gasteiger partial charge is 0.260 e. The fraction of sp³-hybridized carbons (Fsp3) is 0.600. The molecule has 0 bridgehead atoms. The van der Waals surface area contributed by atoms with Gasteiger partial charge in [-0.05, 0) is 19.1 Å². The van der Waals surface area contributed by atoms with Crippen molar-refractivity contribution in [1.29, 1.82) is 5.26 Å². The summed E-state index contributed by atoms with van der Waals surface area (Å²) in [5.41, 5.74) is 1.56. The van der Waals surface area contributed by atoms with Crippen LogP contribution < -0.4 is 0 Å². The van der Waals surface area contributed by atoms with Crippen LogP contribution >= 0.6 is 11.8 Å². The first-order valence-corrected chi connectivity index (χ1v) is 5.75. The molecule has 0 amide bonds. The fourth-order valence-electron chi connectivity index (χ4n) is 1.24. The molecule has 0 aliphatic heterocycles. The van der Waals surface area contributed by atoms with E-state index in [0.717, 1.165) is 22.0 Å². The molecule has 1 heterocycles. The Kier molecular flexibility index (Phi) is 4.02. The van der Waals surface area contributed by atoms with Crippen LogP contribution in [0.15, 0.2) is 5.03 Å². The number of nitrogens with zero attached hydrogens (tertiary/aromatic N) is 3. The van der Waals surface area contributed by atoms with Gasteiger partial charge in [0, 0.05) is 7.05 Å². The van der Waals surface area contributed by atoms with Gasteiger partial charge in [-0.2, -0.15) is 10.4 Å². The summed E-state index contributed by atoms with van der Waals surface area (Å²) in [7, 11) is 1.89. The van der Waals surface area contributed by atoms with E-state index in [0.29, 0.717) is 0 Å². The summed E-state index contributed by atoms with van der Waals surface area (Å²) in [6, 6.07) is 2.21. The Balaban J connectivity index is 2.80. The number of hydrogen-bond donors (Lipinski definition) is 0. The van der Waals surface area contributed by atoms with Crippen molar-refractivity contribution >= 4 is 11.8 Å². The van der Waals surface area contributed by atoms with E-state index < -0.39 is 0 Å². The standard InChI is InChI=1S/C10H15N3S/c1-4-5-6-14-10-9(7-11)8(2)12-13(10)3/h4-6H2,1-3H3. The molecular weight excluding hydrogens is 194 g/mol. The van der Waals surface area contributed by atoms with E-state index >= 15 is 0 Å². The second-order valence-electron chi connectivity index (χ2n) is 3.20. The van der Waals surface area contributed by atoms with E-state index in [1.807, 2.05) is 14.0 Å². The average molecular weight is 209 g/mol. The minimum Gasteiger partial charge on any atom is -0.260 e. The van der Waals surface area contributed by atoms with Crippen LogP contribution in [0.3, 0.4) is 0 Å². The molecule has 0 unspecified atom stereocenters. The molecule has 1 aromatic rings. The van der Waals surface area contributed by atoms with E-state index in [2.05, 4.69) is 18.1 Å². The molecule has 0 N–H and O–H groups in total. The second-order valence-corrected chi connectivity index (χ2v) is 4.29. The summed E-state index contributed by atoms with van der Waals surface area (Å²) in [4.78, 5) is 0. The van der Waals surface area contributed by atoms with E-state index in [1.54, 1.807) is 16.4 Å². The van der Waals surface area contributed by atoms with Crippen LogP contribution in [0.5, 0.6) is 0 Å². The predicted octanol–water partition coefficient (Wildman–Crippen LogP) is 2.49. The molecule has 0 radical (unpaired) electrons. The maximum absolute atomic E-state index is 8.95. The minimum absolute atomic E-state index is 0.730. The van der Waals surface area contributed by atoms with Gasteiger partial charge < -0.3 is 0 Å². The molecule has 0 fully saturated rings. The molecule has 76 valence electrons. The summed E-state index contributed by atoms with van der Waals surface area (Å²) in [6.45, 7) is 4.04. The zero-order chi connectivity index (χ0) is 10.6. The molecule has 0 aromatic carbocycles. The molecule has 0 saturated heterocycles. The van der Waals surface area contributed by atoms with Crippen LogP contribution in [-0.2, 0) is 7.05 Å². The van der Waals surface area contributed by atoms with Crippen molar-refractivity contribution in [1.82, 2.24) is 9.78 Å². The Hall–Kier alpha value is -0.950. The highest BCUT2D eigenvalue weighted by Gasteiger charge is 2.12. The molecule has 0 saturated carbocycles. The number of rotatable bonds is 4. The quantitative estimate of drug-likeness (QED) is 0.565. The third-order valence-corrected chi connectivity index (χ3v) is 3.25. The van der Waals surface area contributed by atoms with E-state index in [9.17, 15) is 0 Å². The first kappa shape index (κ1) is 11.1. The second kappa shape index (κ2) is 5.06. The monoisotopic (exact) mass is 209 g/mol. The smallest absolute Gasteiger partial charge is 0.112 e. The zero-order valence-corrected chi connectivity index (χ0v) is 9.69. The lowest BCUT2D eigenvalue weighted by atomic mass is 10.3. The van der Waals surface area contributed by atoms with Gasteiger partial charge >= 0.3 is 0 Å². The van der Waals surface area contributed by atoms with Crippen molar-refractivity contribution < 1.29 is 0 Å². The average Bonchev–Trinajstić information content (AvgIpc) is 2.42. The third kappa shape index (κ3) is 2.30. The van der Waals surface area contributed by atoms with Gasteiger partial charge in [0.1, 0.15) is 16.7 Å². The molecule has 4 heteroatoms. The maximum Gasteiger partial charge on any atom is 0.112 e. The Bertz CT molecular complexity index is 349. The lowest BCUT2D eigenvalue weighted by Gasteiger charge is -2.00. The number of thioether (sulfide) groups is 1. The van der Waals surface area contributed by atoms with Gasteiger partial charge in [-0.25, -0.2) is 0 Å². The fourth-order valence-corrected chi connectivity index (χ4v) is 2.44. The summed E-state index contributed by atoms with van der Waals surface area (Å²) in [5, 5.41) is 14.2. The van der Waals surface area contributed by atoms with Gasteiger partial charge in [-0.1, -0.05) is 13.3 Å². The zero-order valence-electron chi connectivity index (χ0n) is 8.87. The van der Waals surface area contributed by atoms with Crippen LogP contribution in [0.1, 0.15) is 31.0 Å². The topological polar surface area (TPSA) is 41.6 Å². The van der Waals surface area contributed by atoms with Crippen molar-refractivity contribution in [3.8, 4) is 6.07 Å². The molecule has 0 aliphatic carbocycles. The van der Waals surface area contributed by atoms with Gasteiger partial charge in [0.05, 0.1) is 5.69 Å². The Morgan fingerprint density at radius 2 is 2.29 bits per heavy atom. The van der Waals surface area contributed by atoms with Crippen LogP contribution in [0.25, 0.3) is 0 Å². The Morgan fingerprint density at radius 3 is 2.86 bits per heavy atom. The first-order valence-electron chi connectivity index (χ1n) is 4.77. The van der Waals surface area contributed by atoms with E-state index in [4.69, 9.17) is 5.26 Å². The van der Waals surface area contributed by atoms with E-state index in [-0.39, 0.29) is 0 Å². The lowest BCUT2D eigenvalue weighted by molar-refractivity contribution is 0.691.